The summed E-state index contributed by atoms with van der Waals surface area (Å²) >= 11 is 5.30. The van der Waals surface area contributed by atoms with E-state index in [1.807, 2.05) is 11.6 Å². The van der Waals surface area contributed by atoms with Crippen LogP contribution >= 0.6 is 27.3 Å². The SMILES string of the molecule is CCc1cc(NCc2nccs2)c2[nH]c(CCN)c(Br)c2n1. The van der Waals surface area contributed by atoms with Crippen LogP contribution in [0.25, 0.3) is 11.0 Å². The Labute approximate surface area is 141 Å². The van der Waals surface area contributed by atoms with Gasteiger partial charge in [-0.1, -0.05) is 6.92 Å². The molecule has 0 atom stereocenters. The number of hydrogen-bond acceptors (Lipinski definition) is 5. The molecular formula is C15H18BrN5S. The van der Waals surface area contributed by atoms with Gasteiger partial charge in [0.15, 0.2) is 0 Å². The van der Waals surface area contributed by atoms with Crippen molar-refractivity contribution in [3.05, 3.63) is 38.5 Å². The first-order valence-corrected chi connectivity index (χ1v) is 8.92. The molecule has 0 saturated carbocycles. The fourth-order valence-electron chi connectivity index (χ4n) is 2.38. The highest BCUT2D eigenvalue weighted by Crippen LogP contribution is 2.32. The Hall–Kier alpha value is -1.44. The van der Waals surface area contributed by atoms with Crippen LogP contribution in [-0.2, 0) is 19.4 Å². The third kappa shape index (κ3) is 3.02. The van der Waals surface area contributed by atoms with Gasteiger partial charge >= 0.3 is 0 Å². The van der Waals surface area contributed by atoms with Crippen LogP contribution in [0, 0.1) is 0 Å². The van der Waals surface area contributed by atoms with Crippen molar-refractivity contribution in [1.82, 2.24) is 15.0 Å². The van der Waals surface area contributed by atoms with Crippen LogP contribution in [0.1, 0.15) is 23.3 Å². The summed E-state index contributed by atoms with van der Waals surface area (Å²) in [5, 5.41) is 6.52. The first-order valence-electron chi connectivity index (χ1n) is 7.25. The van der Waals surface area contributed by atoms with Gasteiger partial charge in [0.05, 0.1) is 22.2 Å². The van der Waals surface area contributed by atoms with E-state index in [2.05, 4.69) is 44.2 Å². The van der Waals surface area contributed by atoms with Gasteiger partial charge in [0.25, 0.3) is 0 Å². The van der Waals surface area contributed by atoms with E-state index < -0.39 is 0 Å². The summed E-state index contributed by atoms with van der Waals surface area (Å²) in [5.41, 5.74) is 10.9. The largest absolute Gasteiger partial charge is 0.377 e. The predicted molar refractivity (Wildman–Crippen MR) is 95.4 cm³/mol. The second-order valence-corrected chi connectivity index (χ2v) is 6.75. The normalized spacial score (nSPS) is 11.2. The Morgan fingerprint density at radius 2 is 2.32 bits per heavy atom. The molecule has 0 spiro atoms. The quantitative estimate of drug-likeness (QED) is 0.612. The highest BCUT2D eigenvalue weighted by Gasteiger charge is 2.14. The number of aryl methyl sites for hydroxylation is 1. The average molecular weight is 380 g/mol. The lowest BCUT2D eigenvalue weighted by atomic mass is 10.2. The fraction of sp³-hybridized carbons (Fsp3) is 0.333. The van der Waals surface area contributed by atoms with Gasteiger partial charge in [0.2, 0.25) is 0 Å². The van der Waals surface area contributed by atoms with Crippen LogP contribution in [0.3, 0.4) is 0 Å². The minimum absolute atomic E-state index is 0.605. The number of aromatic amines is 1. The van der Waals surface area contributed by atoms with Gasteiger partial charge in [-0.25, -0.2) is 9.97 Å². The number of aromatic nitrogens is 3. The maximum Gasteiger partial charge on any atom is 0.112 e. The lowest BCUT2D eigenvalue weighted by Crippen LogP contribution is -2.03. The second-order valence-electron chi connectivity index (χ2n) is 4.97. The summed E-state index contributed by atoms with van der Waals surface area (Å²) < 4.78 is 1.01. The molecule has 0 bridgehead atoms. The number of thiazole rings is 1. The molecular weight excluding hydrogens is 362 g/mol. The molecule has 116 valence electrons. The summed E-state index contributed by atoms with van der Waals surface area (Å²) in [6.07, 6.45) is 3.52. The van der Waals surface area contributed by atoms with Crippen molar-refractivity contribution in [2.75, 3.05) is 11.9 Å². The Morgan fingerprint density at radius 1 is 1.45 bits per heavy atom. The molecule has 0 fully saturated rings. The Balaban J connectivity index is 2.00. The molecule has 0 aliphatic carbocycles. The zero-order valence-electron chi connectivity index (χ0n) is 12.3. The van der Waals surface area contributed by atoms with Crippen molar-refractivity contribution < 1.29 is 0 Å². The third-order valence-electron chi connectivity index (χ3n) is 3.49. The number of hydrogen-bond donors (Lipinski definition) is 3. The van der Waals surface area contributed by atoms with E-state index >= 15 is 0 Å². The number of nitrogens with zero attached hydrogens (tertiary/aromatic N) is 2. The van der Waals surface area contributed by atoms with Crippen molar-refractivity contribution in [3.63, 3.8) is 0 Å². The van der Waals surface area contributed by atoms with Crippen LogP contribution in [0.2, 0.25) is 0 Å². The minimum atomic E-state index is 0.605. The van der Waals surface area contributed by atoms with E-state index in [-0.39, 0.29) is 0 Å². The highest BCUT2D eigenvalue weighted by molar-refractivity contribution is 9.10. The number of H-pyrrole nitrogens is 1. The zero-order valence-corrected chi connectivity index (χ0v) is 14.7. The molecule has 0 saturated heterocycles. The van der Waals surface area contributed by atoms with Crippen molar-refractivity contribution in [2.24, 2.45) is 5.73 Å². The van der Waals surface area contributed by atoms with E-state index in [9.17, 15) is 0 Å². The first-order chi connectivity index (χ1) is 10.7. The maximum atomic E-state index is 5.68. The minimum Gasteiger partial charge on any atom is -0.377 e. The number of rotatable bonds is 6. The summed E-state index contributed by atoms with van der Waals surface area (Å²) in [7, 11) is 0. The summed E-state index contributed by atoms with van der Waals surface area (Å²) in [5.74, 6) is 0. The van der Waals surface area contributed by atoms with Crippen molar-refractivity contribution in [2.45, 2.75) is 26.3 Å². The number of nitrogens with one attached hydrogen (secondary N) is 2. The van der Waals surface area contributed by atoms with Crippen molar-refractivity contribution >= 4 is 44.0 Å². The van der Waals surface area contributed by atoms with Crippen LogP contribution in [0.4, 0.5) is 5.69 Å². The van der Waals surface area contributed by atoms with Crippen molar-refractivity contribution in [1.29, 1.82) is 0 Å². The number of pyridine rings is 1. The number of nitrogens with two attached hydrogens (primary N) is 1. The Bertz CT molecular complexity index is 766. The average Bonchev–Trinajstić information content (AvgIpc) is 3.15. The van der Waals surface area contributed by atoms with Gasteiger partial charge < -0.3 is 16.0 Å². The van der Waals surface area contributed by atoms with Gasteiger partial charge in [0, 0.05) is 29.4 Å². The molecule has 0 unspecified atom stereocenters. The molecule has 0 aliphatic rings. The Morgan fingerprint density at radius 3 is 3.00 bits per heavy atom. The van der Waals surface area contributed by atoms with Gasteiger partial charge in [-0.3, -0.25) is 0 Å². The van der Waals surface area contributed by atoms with Gasteiger partial charge in [-0.05, 0) is 35.0 Å². The highest BCUT2D eigenvalue weighted by atomic mass is 79.9. The smallest absolute Gasteiger partial charge is 0.112 e. The third-order valence-corrected chi connectivity index (χ3v) is 5.13. The van der Waals surface area contributed by atoms with Crippen molar-refractivity contribution in [3.8, 4) is 0 Å². The van der Waals surface area contributed by atoms with E-state index in [1.165, 1.54) is 0 Å². The molecule has 0 aliphatic heterocycles. The van der Waals surface area contributed by atoms with Gasteiger partial charge in [0.1, 0.15) is 10.5 Å². The second kappa shape index (κ2) is 6.76. The van der Waals surface area contributed by atoms with Gasteiger partial charge in [-0.15, -0.1) is 11.3 Å². The molecule has 0 amide bonds. The molecule has 22 heavy (non-hydrogen) atoms. The number of anilines is 1. The van der Waals surface area contributed by atoms with Crippen LogP contribution in [0.5, 0.6) is 0 Å². The lowest BCUT2D eigenvalue weighted by Gasteiger charge is -2.08. The molecule has 4 N–H and O–H groups in total. The molecule has 0 radical (unpaired) electrons. The standard InChI is InChI=1S/C15H18BrN5S/c1-2-9-7-11(19-8-12-18-5-6-22-12)14-15(20-9)13(16)10(21-14)3-4-17/h5-7,21H,2-4,8,17H2,1H3,(H,19,20). The monoisotopic (exact) mass is 379 g/mol. The summed E-state index contributed by atoms with van der Waals surface area (Å²) in [6.45, 7) is 3.43. The molecule has 3 heterocycles. The molecule has 7 heteroatoms. The van der Waals surface area contributed by atoms with E-state index in [0.717, 1.165) is 50.4 Å². The number of fused-ring (bicyclic) bond motifs is 1. The first kappa shape index (κ1) is 15.5. The molecule has 3 aromatic rings. The predicted octanol–water partition coefficient (Wildman–Crippen LogP) is 3.46. The molecule has 3 aromatic heterocycles. The van der Waals surface area contributed by atoms with Gasteiger partial charge in [-0.2, -0.15) is 0 Å². The molecule has 0 aromatic carbocycles. The maximum absolute atomic E-state index is 5.68. The van der Waals surface area contributed by atoms with E-state index in [4.69, 9.17) is 10.7 Å². The fourth-order valence-corrected chi connectivity index (χ4v) is 3.52. The molecule has 3 rings (SSSR count). The van der Waals surface area contributed by atoms with E-state index in [1.54, 1.807) is 11.3 Å². The summed E-state index contributed by atoms with van der Waals surface area (Å²) in [4.78, 5) is 12.5. The summed E-state index contributed by atoms with van der Waals surface area (Å²) in [6, 6.07) is 2.10. The van der Waals surface area contributed by atoms with Crippen LogP contribution < -0.4 is 11.1 Å². The Kier molecular flexibility index (Phi) is 4.75. The van der Waals surface area contributed by atoms with Crippen LogP contribution in [0.15, 0.2) is 22.1 Å². The lowest BCUT2D eigenvalue weighted by molar-refractivity contribution is 0.934. The zero-order chi connectivity index (χ0) is 15.5. The number of halogens is 1. The topological polar surface area (TPSA) is 79.6 Å². The molecule has 5 nitrogen and oxygen atoms in total. The van der Waals surface area contributed by atoms with Crippen LogP contribution in [-0.4, -0.2) is 21.5 Å². The van der Waals surface area contributed by atoms with E-state index in [0.29, 0.717) is 13.1 Å².